The van der Waals surface area contributed by atoms with Crippen molar-refractivity contribution in [3.63, 3.8) is 0 Å². The monoisotopic (exact) mass is 506 g/mol. The summed E-state index contributed by atoms with van der Waals surface area (Å²) in [6.07, 6.45) is 4.53. The summed E-state index contributed by atoms with van der Waals surface area (Å²) in [5.74, 6) is -1.74. The predicted octanol–water partition coefficient (Wildman–Crippen LogP) is 3.27. The van der Waals surface area contributed by atoms with Crippen molar-refractivity contribution in [3.05, 3.63) is 25.3 Å². The molecule has 0 radical (unpaired) electrons. The highest BCUT2D eigenvalue weighted by molar-refractivity contribution is 8.02. The van der Waals surface area contributed by atoms with E-state index in [-0.39, 0.29) is 42.1 Å². The van der Waals surface area contributed by atoms with E-state index in [0.29, 0.717) is 13.0 Å². The summed E-state index contributed by atoms with van der Waals surface area (Å²) in [7, 11) is 0. The van der Waals surface area contributed by atoms with Gasteiger partial charge in [-0.05, 0) is 45.4 Å². The van der Waals surface area contributed by atoms with E-state index in [4.69, 9.17) is 4.74 Å². The lowest BCUT2D eigenvalue weighted by atomic mass is 9.66. The quantitative estimate of drug-likeness (QED) is 0.362. The first-order chi connectivity index (χ1) is 16.4. The second-order valence-electron chi connectivity index (χ2n) is 11.6. The minimum Gasteiger partial charge on any atom is -0.461 e. The number of amides is 2. The van der Waals surface area contributed by atoms with E-state index in [1.54, 1.807) is 27.6 Å². The van der Waals surface area contributed by atoms with Gasteiger partial charge in [0.05, 0.1) is 29.2 Å². The topological polar surface area (TPSA) is 87.2 Å². The van der Waals surface area contributed by atoms with Gasteiger partial charge in [-0.15, -0.1) is 18.3 Å². The molecular formula is C27H42N2O5S. The van der Waals surface area contributed by atoms with Gasteiger partial charge in [0.15, 0.2) is 0 Å². The van der Waals surface area contributed by atoms with E-state index < -0.39 is 40.2 Å². The number of rotatable bonds is 10. The molecule has 0 aromatic heterocycles. The van der Waals surface area contributed by atoms with Crippen LogP contribution in [-0.2, 0) is 19.1 Å². The second kappa shape index (κ2) is 10.3. The summed E-state index contributed by atoms with van der Waals surface area (Å²) in [6.45, 7) is 19.8. The highest BCUT2D eigenvalue weighted by Crippen LogP contribution is 2.69. The van der Waals surface area contributed by atoms with Crippen LogP contribution >= 0.6 is 11.8 Å². The minimum atomic E-state index is -0.766. The molecule has 1 spiro atoms. The zero-order chi connectivity index (χ0) is 26.3. The first-order valence-electron chi connectivity index (χ1n) is 12.7. The third-order valence-corrected chi connectivity index (χ3v) is 9.84. The Bertz CT molecular complexity index is 868. The lowest BCUT2D eigenvalue weighted by molar-refractivity contribution is -0.154. The van der Waals surface area contributed by atoms with Crippen molar-refractivity contribution in [1.82, 2.24) is 9.80 Å². The van der Waals surface area contributed by atoms with Crippen molar-refractivity contribution in [2.24, 2.45) is 23.7 Å². The molecule has 3 fully saturated rings. The van der Waals surface area contributed by atoms with Crippen LogP contribution in [0.1, 0.15) is 54.4 Å². The maximum absolute atomic E-state index is 14.4. The normalized spacial score (nSPS) is 32.5. The van der Waals surface area contributed by atoms with E-state index >= 15 is 0 Å². The lowest BCUT2D eigenvalue weighted by Gasteiger charge is -2.45. The van der Waals surface area contributed by atoms with Gasteiger partial charge >= 0.3 is 5.97 Å². The standard InChI is InChI=1S/C27H42N2O5S/c1-9-11-28(26(6,7)8)24(32)22-27-17(5)14-19(35-27)20(25(33)34-12-10-2)21(27)23(31)29(22)18(15-30)13-16(3)4/h9-10,16-22,30H,1-2,11-15H2,3-8H3/t17?,18-,19+,20-,21+,22?,27?/m1/s1. The summed E-state index contributed by atoms with van der Waals surface area (Å²) >= 11 is 1.62. The summed E-state index contributed by atoms with van der Waals surface area (Å²) in [5.41, 5.74) is -0.492. The summed E-state index contributed by atoms with van der Waals surface area (Å²) in [4.78, 5) is 45.2. The predicted molar refractivity (Wildman–Crippen MR) is 139 cm³/mol. The van der Waals surface area contributed by atoms with Crippen LogP contribution in [0.3, 0.4) is 0 Å². The number of thioether (sulfide) groups is 1. The summed E-state index contributed by atoms with van der Waals surface area (Å²) < 4.78 is 4.70. The Morgan fingerprint density at radius 2 is 1.97 bits per heavy atom. The third kappa shape index (κ3) is 4.57. The van der Waals surface area contributed by atoms with Gasteiger partial charge in [0.25, 0.3) is 0 Å². The lowest BCUT2D eigenvalue weighted by Crippen LogP contribution is -2.62. The Morgan fingerprint density at radius 1 is 1.31 bits per heavy atom. The van der Waals surface area contributed by atoms with Gasteiger partial charge in [-0.3, -0.25) is 14.4 Å². The number of hydrogen-bond acceptors (Lipinski definition) is 6. The molecule has 3 aliphatic heterocycles. The van der Waals surface area contributed by atoms with Crippen molar-refractivity contribution in [2.45, 2.75) is 82.0 Å². The molecule has 7 nitrogen and oxygen atoms in total. The summed E-state index contributed by atoms with van der Waals surface area (Å²) in [5, 5.41) is 10.3. The number of hydrogen-bond donors (Lipinski definition) is 1. The third-order valence-electron chi connectivity index (χ3n) is 7.77. The fourth-order valence-electron chi connectivity index (χ4n) is 6.43. The van der Waals surface area contributed by atoms with Crippen molar-refractivity contribution in [1.29, 1.82) is 0 Å². The fourth-order valence-corrected chi connectivity index (χ4v) is 8.82. The van der Waals surface area contributed by atoms with Crippen LogP contribution in [0.25, 0.3) is 0 Å². The molecule has 0 aliphatic carbocycles. The zero-order valence-corrected chi connectivity index (χ0v) is 22.8. The molecule has 35 heavy (non-hydrogen) atoms. The molecule has 2 bridgehead atoms. The van der Waals surface area contributed by atoms with Crippen molar-refractivity contribution >= 4 is 29.5 Å². The Kier molecular flexibility index (Phi) is 8.17. The number of likely N-dealkylation sites (tertiary alicyclic amines) is 1. The van der Waals surface area contributed by atoms with Crippen molar-refractivity contribution in [3.8, 4) is 0 Å². The maximum Gasteiger partial charge on any atom is 0.311 e. The van der Waals surface area contributed by atoms with Gasteiger partial charge in [0.1, 0.15) is 12.6 Å². The summed E-state index contributed by atoms with van der Waals surface area (Å²) in [6, 6.07) is -1.27. The van der Waals surface area contributed by atoms with Crippen LogP contribution in [0.15, 0.2) is 25.3 Å². The largest absolute Gasteiger partial charge is 0.461 e. The Morgan fingerprint density at radius 3 is 2.49 bits per heavy atom. The molecule has 0 saturated carbocycles. The van der Waals surface area contributed by atoms with Crippen LogP contribution in [0.4, 0.5) is 0 Å². The van der Waals surface area contributed by atoms with Crippen molar-refractivity contribution < 1.29 is 24.2 Å². The second-order valence-corrected chi connectivity index (χ2v) is 13.1. The molecule has 7 atom stereocenters. The molecule has 3 heterocycles. The van der Waals surface area contributed by atoms with Crippen LogP contribution in [-0.4, -0.2) is 80.1 Å². The molecule has 8 heteroatoms. The molecular weight excluding hydrogens is 464 g/mol. The number of fused-ring (bicyclic) bond motifs is 1. The van der Waals surface area contributed by atoms with Gasteiger partial charge in [0, 0.05) is 17.3 Å². The number of carbonyl (C=O) groups excluding carboxylic acids is 3. The first-order valence-corrected chi connectivity index (χ1v) is 13.5. The number of nitrogens with zero attached hydrogens (tertiary/aromatic N) is 2. The number of aliphatic hydroxyl groups is 1. The zero-order valence-electron chi connectivity index (χ0n) is 22.0. The van der Waals surface area contributed by atoms with Gasteiger partial charge in [-0.1, -0.05) is 39.5 Å². The average Bonchev–Trinajstić information content (AvgIpc) is 3.36. The van der Waals surface area contributed by atoms with Crippen molar-refractivity contribution in [2.75, 3.05) is 19.8 Å². The fraction of sp³-hybridized carbons (Fsp3) is 0.741. The van der Waals surface area contributed by atoms with E-state index in [0.717, 1.165) is 6.42 Å². The van der Waals surface area contributed by atoms with Gasteiger partial charge in [-0.25, -0.2) is 0 Å². The minimum absolute atomic E-state index is 0.0535. The Labute approximate surface area is 214 Å². The van der Waals surface area contributed by atoms with Crippen LogP contribution in [0, 0.1) is 23.7 Å². The van der Waals surface area contributed by atoms with Crippen LogP contribution < -0.4 is 0 Å². The maximum atomic E-state index is 14.4. The number of aliphatic hydroxyl groups excluding tert-OH is 1. The van der Waals surface area contributed by atoms with E-state index in [2.05, 4.69) is 20.1 Å². The van der Waals surface area contributed by atoms with Crippen LogP contribution in [0.2, 0.25) is 0 Å². The number of carbonyl (C=O) groups is 3. The molecule has 0 aromatic rings. The smallest absolute Gasteiger partial charge is 0.311 e. The molecule has 3 aliphatic rings. The van der Waals surface area contributed by atoms with Crippen LogP contribution in [0.5, 0.6) is 0 Å². The Balaban J connectivity index is 2.16. The molecule has 1 N–H and O–H groups in total. The Hall–Kier alpha value is -1.80. The molecule has 3 rings (SSSR count). The van der Waals surface area contributed by atoms with Gasteiger partial charge in [-0.2, -0.15) is 0 Å². The van der Waals surface area contributed by atoms with Gasteiger partial charge < -0.3 is 19.6 Å². The highest BCUT2D eigenvalue weighted by atomic mass is 32.2. The van der Waals surface area contributed by atoms with E-state index in [1.165, 1.54) is 6.08 Å². The SMILES string of the molecule is C=CCOC(=O)[C@@H]1[C@@H]2CC(C)C3(S2)C(C(=O)N(CC=C)C(C)(C)C)N([C@@H](CO)CC(C)C)C(=O)[C@H]13. The molecule has 196 valence electrons. The molecule has 3 saturated heterocycles. The number of ether oxygens (including phenoxy) is 1. The van der Waals surface area contributed by atoms with Gasteiger partial charge in [0.2, 0.25) is 11.8 Å². The molecule has 3 unspecified atom stereocenters. The van der Waals surface area contributed by atoms with E-state index in [9.17, 15) is 19.5 Å². The highest BCUT2D eigenvalue weighted by Gasteiger charge is 2.77. The first kappa shape index (κ1) is 27.8. The van der Waals surface area contributed by atoms with E-state index in [1.807, 2.05) is 34.6 Å². The number of esters is 1. The molecule has 0 aromatic carbocycles. The average molecular weight is 507 g/mol. The molecule has 2 amide bonds.